The number of hydrogen-bond acceptors (Lipinski definition) is 6. The minimum Gasteiger partial charge on any atom is -0.343 e. The molecule has 2 aliphatic carbocycles. The Bertz CT molecular complexity index is 1180. The lowest BCUT2D eigenvalue weighted by Crippen LogP contribution is -2.52. The second-order valence-corrected chi connectivity index (χ2v) is 8.86. The topological polar surface area (TPSA) is 124 Å². The van der Waals surface area contributed by atoms with E-state index in [1.165, 1.54) is 12.3 Å². The fraction of sp³-hybridized carbons (Fsp3) is 0.435. The summed E-state index contributed by atoms with van der Waals surface area (Å²) in [7, 11) is 0. The smallest absolute Gasteiger partial charge is 0.243 e. The van der Waals surface area contributed by atoms with Crippen LogP contribution >= 0.6 is 0 Å². The Balaban J connectivity index is 1.28. The number of nitrogens with one attached hydrogen (secondary N) is 3. The lowest BCUT2D eigenvalue weighted by atomic mass is 9.94. The fourth-order valence-electron chi connectivity index (χ4n) is 4.56. The Morgan fingerprint density at radius 1 is 1.27 bits per heavy atom. The Kier molecular flexibility index (Phi) is 5.64. The van der Waals surface area contributed by atoms with Crippen LogP contribution in [0.1, 0.15) is 37.4 Å². The molecular formula is C23H24FN7O2. The molecule has 2 aromatic rings. The summed E-state index contributed by atoms with van der Waals surface area (Å²) in [4.78, 5) is 34.3. The molecule has 170 valence electrons. The average molecular weight is 449 g/mol. The highest BCUT2D eigenvalue weighted by atomic mass is 19.1. The van der Waals surface area contributed by atoms with Crippen LogP contribution in [0.5, 0.6) is 0 Å². The number of halogens is 1. The number of rotatable bonds is 7. The van der Waals surface area contributed by atoms with E-state index in [9.17, 15) is 19.2 Å². The van der Waals surface area contributed by atoms with Crippen molar-refractivity contribution in [2.45, 2.75) is 49.9 Å². The van der Waals surface area contributed by atoms with Crippen LogP contribution in [0.25, 0.3) is 5.52 Å². The molecule has 9 nitrogen and oxygen atoms in total. The van der Waals surface area contributed by atoms with Crippen LogP contribution < -0.4 is 16.0 Å². The van der Waals surface area contributed by atoms with E-state index >= 15 is 0 Å². The maximum Gasteiger partial charge on any atom is 0.243 e. The van der Waals surface area contributed by atoms with Gasteiger partial charge in [0.15, 0.2) is 6.04 Å². The Morgan fingerprint density at radius 2 is 2.09 bits per heavy atom. The van der Waals surface area contributed by atoms with E-state index in [2.05, 4.69) is 32.0 Å². The zero-order valence-electron chi connectivity index (χ0n) is 17.8. The maximum absolute atomic E-state index is 14.1. The highest BCUT2D eigenvalue weighted by molar-refractivity contribution is 5.90. The summed E-state index contributed by atoms with van der Waals surface area (Å²) in [6, 6.07) is -0.738. The lowest BCUT2D eigenvalue weighted by molar-refractivity contribution is -0.130. The number of fused-ring (bicyclic) bond motifs is 2. The highest BCUT2D eigenvalue weighted by Crippen LogP contribution is 2.34. The summed E-state index contributed by atoms with van der Waals surface area (Å²) in [5.74, 6) is -0.779. The molecule has 1 saturated carbocycles. The van der Waals surface area contributed by atoms with Gasteiger partial charge in [-0.25, -0.2) is 9.37 Å². The second-order valence-electron chi connectivity index (χ2n) is 8.86. The minimum atomic E-state index is -0.960. The standard InChI is InChI=1S/C23H24FN7O2/c24-16-3-1-2-14-7-18(28-21(14)16)23(33)29-17(6-13-4-5-13)22(32)30-19(8-25)20-11-26-9-15-10-27-12-31(15)20/h1-3,9-14,17-19,21,28H,4-7H2,(H,29,33)(H,30,32). The van der Waals surface area contributed by atoms with Gasteiger partial charge in [0.1, 0.15) is 11.9 Å². The third kappa shape index (κ3) is 4.36. The zero-order valence-corrected chi connectivity index (χ0v) is 17.8. The molecule has 2 fully saturated rings. The predicted molar refractivity (Wildman–Crippen MR) is 116 cm³/mol. The molecule has 2 amide bonds. The van der Waals surface area contributed by atoms with Crippen molar-refractivity contribution in [3.63, 3.8) is 0 Å². The van der Waals surface area contributed by atoms with Gasteiger partial charge < -0.3 is 10.6 Å². The molecule has 10 heteroatoms. The van der Waals surface area contributed by atoms with Crippen molar-refractivity contribution in [3.8, 4) is 6.07 Å². The Hall–Kier alpha value is -3.58. The highest BCUT2D eigenvalue weighted by Gasteiger charge is 2.41. The molecule has 0 spiro atoms. The number of amides is 2. The van der Waals surface area contributed by atoms with E-state index in [4.69, 9.17) is 0 Å². The van der Waals surface area contributed by atoms with E-state index in [-0.39, 0.29) is 17.7 Å². The molecule has 5 rings (SSSR count). The zero-order chi connectivity index (χ0) is 22.9. The fourth-order valence-corrected chi connectivity index (χ4v) is 4.56. The van der Waals surface area contributed by atoms with Gasteiger partial charge in [-0.2, -0.15) is 5.26 Å². The monoisotopic (exact) mass is 449 g/mol. The quantitative estimate of drug-likeness (QED) is 0.588. The first-order valence-corrected chi connectivity index (χ1v) is 11.1. The number of carbonyl (C=O) groups is 2. The van der Waals surface area contributed by atoms with E-state index in [1.54, 1.807) is 29.2 Å². The van der Waals surface area contributed by atoms with E-state index in [1.807, 2.05) is 6.08 Å². The van der Waals surface area contributed by atoms with Crippen molar-refractivity contribution in [1.29, 1.82) is 5.26 Å². The minimum absolute atomic E-state index is 0.0902. The molecule has 1 aliphatic heterocycles. The molecule has 0 bridgehead atoms. The first-order valence-electron chi connectivity index (χ1n) is 11.1. The van der Waals surface area contributed by atoms with Gasteiger partial charge in [-0.15, -0.1) is 0 Å². The number of hydrogen-bond donors (Lipinski definition) is 3. The molecular weight excluding hydrogens is 425 g/mol. The summed E-state index contributed by atoms with van der Waals surface area (Å²) in [6.45, 7) is 0. The molecule has 3 aliphatic rings. The summed E-state index contributed by atoms with van der Waals surface area (Å²) in [6.07, 6.45) is 14.2. The summed E-state index contributed by atoms with van der Waals surface area (Å²) in [5, 5.41) is 18.4. The molecule has 33 heavy (non-hydrogen) atoms. The summed E-state index contributed by atoms with van der Waals surface area (Å²) >= 11 is 0. The summed E-state index contributed by atoms with van der Waals surface area (Å²) in [5.41, 5.74) is 1.18. The molecule has 0 radical (unpaired) electrons. The van der Waals surface area contributed by atoms with Crippen LogP contribution in [-0.2, 0) is 9.59 Å². The van der Waals surface area contributed by atoms with E-state index in [0.29, 0.717) is 30.0 Å². The van der Waals surface area contributed by atoms with Crippen molar-refractivity contribution >= 4 is 17.3 Å². The third-order valence-electron chi connectivity index (χ3n) is 6.51. The summed E-state index contributed by atoms with van der Waals surface area (Å²) < 4.78 is 15.8. The van der Waals surface area contributed by atoms with E-state index < -0.39 is 30.1 Å². The van der Waals surface area contributed by atoms with Crippen LogP contribution in [0.2, 0.25) is 0 Å². The van der Waals surface area contributed by atoms with Crippen molar-refractivity contribution in [1.82, 2.24) is 30.3 Å². The van der Waals surface area contributed by atoms with Crippen LogP contribution in [0.4, 0.5) is 4.39 Å². The van der Waals surface area contributed by atoms with Crippen LogP contribution in [-0.4, -0.2) is 44.3 Å². The predicted octanol–water partition coefficient (Wildman–Crippen LogP) is 1.46. The van der Waals surface area contributed by atoms with Crippen molar-refractivity contribution in [2.75, 3.05) is 0 Å². The Morgan fingerprint density at radius 3 is 2.85 bits per heavy atom. The lowest BCUT2D eigenvalue weighted by Gasteiger charge is -2.22. The van der Waals surface area contributed by atoms with Crippen molar-refractivity contribution in [2.24, 2.45) is 11.8 Å². The largest absolute Gasteiger partial charge is 0.343 e. The van der Waals surface area contributed by atoms with Gasteiger partial charge in [-0.1, -0.05) is 25.0 Å². The van der Waals surface area contributed by atoms with Gasteiger partial charge in [0.05, 0.1) is 54.3 Å². The molecule has 2 aromatic heterocycles. The van der Waals surface area contributed by atoms with Gasteiger partial charge in [-0.05, 0) is 24.8 Å². The van der Waals surface area contributed by atoms with Crippen molar-refractivity contribution < 1.29 is 14.0 Å². The molecule has 5 unspecified atom stereocenters. The van der Waals surface area contributed by atoms with Gasteiger partial charge in [-0.3, -0.25) is 24.3 Å². The molecule has 3 N–H and O–H groups in total. The third-order valence-corrected chi connectivity index (χ3v) is 6.51. The molecule has 0 aromatic carbocycles. The van der Waals surface area contributed by atoms with Gasteiger partial charge in [0, 0.05) is 5.92 Å². The number of imidazole rings is 1. The van der Waals surface area contributed by atoms with Crippen molar-refractivity contribution in [3.05, 3.63) is 54.7 Å². The number of nitriles is 1. The number of nitrogens with zero attached hydrogens (tertiary/aromatic N) is 4. The van der Waals surface area contributed by atoms with Crippen LogP contribution in [0.3, 0.4) is 0 Å². The average Bonchev–Trinajstić information content (AvgIpc) is 3.31. The van der Waals surface area contributed by atoms with Crippen LogP contribution in [0.15, 0.2) is 49.0 Å². The van der Waals surface area contributed by atoms with Gasteiger partial charge in [0.25, 0.3) is 0 Å². The number of carbonyl (C=O) groups excluding carboxylic acids is 2. The number of aromatic nitrogens is 3. The molecule has 3 heterocycles. The van der Waals surface area contributed by atoms with Gasteiger partial charge >= 0.3 is 0 Å². The maximum atomic E-state index is 14.1. The second kappa shape index (κ2) is 8.75. The normalized spacial score (nSPS) is 25.6. The first-order chi connectivity index (χ1) is 16.0. The van der Waals surface area contributed by atoms with Gasteiger partial charge in [0.2, 0.25) is 11.8 Å². The van der Waals surface area contributed by atoms with E-state index in [0.717, 1.165) is 12.8 Å². The Labute approximate surface area is 189 Å². The number of allylic oxidation sites excluding steroid dienone is 2. The van der Waals surface area contributed by atoms with Crippen LogP contribution in [0, 0.1) is 23.2 Å². The first kappa shape index (κ1) is 21.3. The molecule has 1 saturated heterocycles. The SMILES string of the molecule is N#CC(NC(=O)C(CC1CC1)NC(=O)C1CC2C=CC=C(F)C2N1)c1cncc2cncn12. The molecule has 5 atom stereocenters.